The molecule has 1 amide bonds. The normalized spacial score (nSPS) is 25.8. The molecule has 148 valence electrons. The highest BCUT2D eigenvalue weighted by molar-refractivity contribution is 5.85. The third kappa shape index (κ3) is 6.12. The second-order valence-corrected chi connectivity index (χ2v) is 7.57. The third-order valence-electron chi connectivity index (χ3n) is 5.73. The van der Waals surface area contributed by atoms with Crippen molar-refractivity contribution in [2.75, 3.05) is 6.54 Å². The van der Waals surface area contributed by atoms with Gasteiger partial charge in [0.1, 0.15) is 0 Å². The van der Waals surface area contributed by atoms with E-state index in [9.17, 15) is 4.79 Å². The fraction of sp³-hybridized carbons (Fsp3) is 0.650. The lowest BCUT2D eigenvalue weighted by atomic mass is 10.0. The van der Waals surface area contributed by atoms with Crippen molar-refractivity contribution in [3.05, 3.63) is 35.4 Å². The van der Waals surface area contributed by atoms with Crippen molar-refractivity contribution in [1.29, 1.82) is 0 Å². The molecule has 1 aromatic rings. The van der Waals surface area contributed by atoms with E-state index in [1.165, 1.54) is 36.9 Å². The number of hydrogen-bond acceptors (Lipinski definition) is 3. The van der Waals surface area contributed by atoms with Crippen molar-refractivity contribution < 1.29 is 4.79 Å². The van der Waals surface area contributed by atoms with Gasteiger partial charge in [0.15, 0.2) is 0 Å². The molecule has 0 bridgehead atoms. The van der Waals surface area contributed by atoms with Gasteiger partial charge in [-0.05, 0) is 56.7 Å². The summed E-state index contributed by atoms with van der Waals surface area (Å²) < 4.78 is 0. The molecule has 2 fully saturated rings. The first kappa shape index (κ1) is 23.2. The number of amides is 1. The Labute approximate surface area is 170 Å². The average molecular weight is 402 g/mol. The molecule has 3 unspecified atom stereocenters. The van der Waals surface area contributed by atoms with Crippen molar-refractivity contribution in [1.82, 2.24) is 10.2 Å². The van der Waals surface area contributed by atoms with Gasteiger partial charge in [-0.3, -0.25) is 9.69 Å². The number of rotatable bonds is 5. The van der Waals surface area contributed by atoms with Gasteiger partial charge in [-0.25, -0.2) is 0 Å². The monoisotopic (exact) mass is 401 g/mol. The summed E-state index contributed by atoms with van der Waals surface area (Å²) in [4.78, 5) is 14.9. The van der Waals surface area contributed by atoms with Gasteiger partial charge in [0.05, 0.1) is 0 Å². The second-order valence-electron chi connectivity index (χ2n) is 7.57. The van der Waals surface area contributed by atoms with Crippen molar-refractivity contribution in [2.24, 2.45) is 11.7 Å². The van der Waals surface area contributed by atoms with Crippen LogP contribution in [0.15, 0.2) is 24.3 Å². The van der Waals surface area contributed by atoms with Gasteiger partial charge >= 0.3 is 0 Å². The van der Waals surface area contributed by atoms with Crippen LogP contribution in [0.1, 0.15) is 56.6 Å². The predicted molar refractivity (Wildman–Crippen MR) is 112 cm³/mol. The molecule has 4 nitrogen and oxygen atoms in total. The van der Waals surface area contributed by atoms with Crippen LogP contribution in [0.5, 0.6) is 0 Å². The molecule has 0 spiro atoms. The molecule has 1 saturated heterocycles. The molecule has 1 aliphatic heterocycles. The van der Waals surface area contributed by atoms with Crippen LogP contribution in [0.4, 0.5) is 0 Å². The Balaban J connectivity index is 0.00000169. The van der Waals surface area contributed by atoms with Gasteiger partial charge in [0.2, 0.25) is 5.91 Å². The Hall–Kier alpha value is -0.810. The zero-order valence-electron chi connectivity index (χ0n) is 15.7. The van der Waals surface area contributed by atoms with Crippen molar-refractivity contribution in [3.8, 4) is 0 Å². The van der Waals surface area contributed by atoms with Gasteiger partial charge in [-0.1, -0.05) is 30.7 Å². The first-order valence-corrected chi connectivity index (χ1v) is 9.47. The number of halogens is 2. The van der Waals surface area contributed by atoms with E-state index in [0.29, 0.717) is 12.6 Å². The first-order chi connectivity index (χ1) is 11.6. The van der Waals surface area contributed by atoms with E-state index in [2.05, 4.69) is 41.4 Å². The van der Waals surface area contributed by atoms with Crippen molar-refractivity contribution in [3.63, 3.8) is 0 Å². The molecule has 3 atom stereocenters. The minimum atomic E-state index is 0. The standard InChI is InChI=1S/C20H31N3O.2ClH/c1-15-6-4-5-11-23(15)14-18-8-3-2-7-17(18)13-22-20(24)16-9-10-19(21)12-16;;/h2-3,7-8,15-16,19H,4-6,9-14,21H2,1H3,(H,22,24);2*1H. The van der Waals surface area contributed by atoms with Crippen LogP contribution in [0.3, 0.4) is 0 Å². The van der Waals surface area contributed by atoms with Crippen molar-refractivity contribution in [2.45, 2.75) is 70.6 Å². The lowest BCUT2D eigenvalue weighted by molar-refractivity contribution is -0.125. The number of likely N-dealkylation sites (tertiary alicyclic amines) is 1. The first-order valence-electron chi connectivity index (χ1n) is 9.47. The second kappa shape index (κ2) is 11.1. The molecule has 1 aromatic carbocycles. The molecule has 1 heterocycles. The summed E-state index contributed by atoms with van der Waals surface area (Å²) in [5.74, 6) is 0.276. The van der Waals surface area contributed by atoms with E-state index in [0.717, 1.165) is 25.8 Å². The number of nitrogens with two attached hydrogens (primary N) is 1. The Morgan fingerprint density at radius 1 is 1.15 bits per heavy atom. The minimum absolute atomic E-state index is 0. The molecule has 3 N–H and O–H groups in total. The smallest absolute Gasteiger partial charge is 0.223 e. The van der Waals surface area contributed by atoms with Gasteiger partial charge in [-0.15, -0.1) is 24.8 Å². The maximum absolute atomic E-state index is 12.3. The molecule has 1 saturated carbocycles. The molecular formula is C20H33Cl2N3O. The molecule has 26 heavy (non-hydrogen) atoms. The Morgan fingerprint density at radius 2 is 1.88 bits per heavy atom. The topological polar surface area (TPSA) is 58.4 Å². The summed E-state index contributed by atoms with van der Waals surface area (Å²) in [7, 11) is 0. The number of nitrogens with zero attached hydrogens (tertiary/aromatic N) is 1. The number of benzene rings is 1. The molecule has 1 aliphatic carbocycles. The van der Waals surface area contributed by atoms with Gasteiger partial charge in [0, 0.05) is 31.1 Å². The van der Waals surface area contributed by atoms with E-state index in [1.807, 2.05) is 0 Å². The summed E-state index contributed by atoms with van der Waals surface area (Å²) in [6.45, 7) is 5.12. The number of nitrogens with one attached hydrogen (secondary N) is 1. The fourth-order valence-corrected chi connectivity index (χ4v) is 4.08. The highest BCUT2D eigenvalue weighted by Crippen LogP contribution is 2.24. The zero-order chi connectivity index (χ0) is 16.9. The maximum Gasteiger partial charge on any atom is 0.223 e. The summed E-state index contributed by atoms with van der Waals surface area (Å²) in [6.07, 6.45) is 6.67. The number of piperidine rings is 1. The van der Waals surface area contributed by atoms with Crippen LogP contribution in [-0.4, -0.2) is 29.4 Å². The van der Waals surface area contributed by atoms with E-state index >= 15 is 0 Å². The lowest BCUT2D eigenvalue weighted by Gasteiger charge is -2.33. The molecule has 0 aromatic heterocycles. The highest BCUT2D eigenvalue weighted by atomic mass is 35.5. The number of carbonyl (C=O) groups excluding carboxylic acids is 1. The number of carbonyl (C=O) groups is 1. The summed E-state index contributed by atoms with van der Waals surface area (Å²) in [6, 6.07) is 9.37. The van der Waals surface area contributed by atoms with Crippen LogP contribution in [0, 0.1) is 5.92 Å². The van der Waals surface area contributed by atoms with Gasteiger partial charge < -0.3 is 11.1 Å². The maximum atomic E-state index is 12.3. The minimum Gasteiger partial charge on any atom is -0.352 e. The quantitative estimate of drug-likeness (QED) is 0.791. The Kier molecular flexibility index (Phi) is 9.94. The SMILES string of the molecule is CC1CCCCN1Cc1ccccc1CNC(=O)C1CCC(N)C1.Cl.Cl. The number of hydrogen-bond donors (Lipinski definition) is 2. The van der Waals surface area contributed by atoms with E-state index in [-0.39, 0.29) is 42.7 Å². The van der Waals surface area contributed by atoms with Crippen molar-refractivity contribution >= 4 is 30.7 Å². The van der Waals surface area contributed by atoms with E-state index in [4.69, 9.17) is 5.73 Å². The average Bonchev–Trinajstić information content (AvgIpc) is 3.02. The fourth-order valence-electron chi connectivity index (χ4n) is 4.08. The molecule has 0 radical (unpaired) electrons. The van der Waals surface area contributed by atoms with Gasteiger partial charge in [-0.2, -0.15) is 0 Å². The largest absolute Gasteiger partial charge is 0.352 e. The third-order valence-corrected chi connectivity index (χ3v) is 5.73. The van der Waals surface area contributed by atoms with Crippen LogP contribution in [0.2, 0.25) is 0 Å². The lowest BCUT2D eigenvalue weighted by Crippen LogP contribution is -2.37. The molecule has 2 aliphatic rings. The zero-order valence-corrected chi connectivity index (χ0v) is 17.3. The predicted octanol–water partition coefficient (Wildman–Crippen LogP) is 3.65. The van der Waals surface area contributed by atoms with Crippen LogP contribution in [0.25, 0.3) is 0 Å². The summed E-state index contributed by atoms with van der Waals surface area (Å²) in [5, 5.41) is 3.14. The molecular weight excluding hydrogens is 369 g/mol. The van der Waals surface area contributed by atoms with Crippen LogP contribution < -0.4 is 11.1 Å². The van der Waals surface area contributed by atoms with E-state index < -0.39 is 0 Å². The summed E-state index contributed by atoms with van der Waals surface area (Å²) >= 11 is 0. The molecule has 3 rings (SSSR count). The summed E-state index contributed by atoms with van der Waals surface area (Å²) in [5.41, 5.74) is 8.51. The Morgan fingerprint density at radius 3 is 2.54 bits per heavy atom. The van der Waals surface area contributed by atoms with Gasteiger partial charge in [0.25, 0.3) is 0 Å². The molecule has 6 heteroatoms. The highest BCUT2D eigenvalue weighted by Gasteiger charge is 2.27. The van der Waals surface area contributed by atoms with Crippen LogP contribution in [-0.2, 0) is 17.9 Å². The Bertz CT molecular complexity index is 570. The van der Waals surface area contributed by atoms with Crippen LogP contribution >= 0.6 is 24.8 Å². The van der Waals surface area contributed by atoms with E-state index in [1.54, 1.807) is 0 Å².